The van der Waals surface area contributed by atoms with Gasteiger partial charge in [-0.1, -0.05) is 30.3 Å². The number of methoxy groups -OCH3 is 2. The smallest absolute Gasteiger partial charge is 0.252 e. The Morgan fingerprint density at radius 1 is 1.04 bits per heavy atom. The van der Waals surface area contributed by atoms with E-state index in [-0.39, 0.29) is 11.9 Å². The van der Waals surface area contributed by atoms with E-state index in [4.69, 9.17) is 9.47 Å². The lowest BCUT2D eigenvalue weighted by Crippen LogP contribution is -3.06. The summed E-state index contributed by atoms with van der Waals surface area (Å²) in [5.41, 5.74) is 1.63. The molecule has 0 aliphatic carbocycles. The second-order valence-electron chi connectivity index (χ2n) is 5.92. The van der Waals surface area contributed by atoms with Crippen molar-refractivity contribution in [1.29, 1.82) is 0 Å². The molecule has 2 aromatic carbocycles. The van der Waals surface area contributed by atoms with Crippen LogP contribution in [0.1, 0.15) is 22.0 Å². The van der Waals surface area contributed by atoms with E-state index in [9.17, 15) is 4.79 Å². The standard InChI is InChI=1S/C19H24N2O3/c1-21(2)13-16(14-8-6-5-7-9-14)20-19(22)15-10-11-17(23-3)18(12-15)24-4/h5-12,16H,13H2,1-4H3,(H,20,22)/p+1/t16-/m1/s1. The van der Waals surface area contributed by atoms with Crippen molar-refractivity contribution < 1.29 is 19.2 Å². The maximum absolute atomic E-state index is 12.7. The van der Waals surface area contributed by atoms with Gasteiger partial charge in [0.2, 0.25) is 0 Å². The first-order valence-electron chi connectivity index (χ1n) is 7.92. The molecule has 24 heavy (non-hydrogen) atoms. The summed E-state index contributed by atoms with van der Waals surface area (Å²) in [7, 11) is 7.27. The first-order valence-corrected chi connectivity index (χ1v) is 7.92. The van der Waals surface area contributed by atoms with Crippen LogP contribution in [0.2, 0.25) is 0 Å². The molecule has 0 saturated heterocycles. The van der Waals surface area contributed by atoms with E-state index < -0.39 is 0 Å². The van der Waals surface area contributed by atoms with Gasteiger partial charge in [0.15, 0.2) is 11.5 Å². The molecule has 2 rings (SSSR count). The van der Waals surface area contributed by atoms with E-state index >= 15 is 0 Å². The lowest BCUT2D eigenvalue weighted by atomic mass is 10.1. The van der Waals surface area contributed by atoms with Crippen LogP contribution < -0.4 is 19.7 Å². The van der Waals surface area contributed by atoms with E-state index in [0.29, 0.717) is 17.1 Å². The molecule has 0 aliphatic heterocycles. The summed E-state index contributed by atoms with van der Waals surface area (Å²) in [6, 6.07) is 15.1. The summed E-state index contributed by atoms with van der Waals surface area (Å²) >= 11 is 0. The number of rotatable bonds is 7. The molecule has 0 aromatic heterocycles. The Morgan fingerprint density at radius 2 is 1.71 bits per heavy atom. The SMILES string of the molecule is COc1ccc(C(=O)N[C@H](C[NH+](C)C)c2ccccc2)cc1OC. The Labute approximate surface area is 143 Å². The molecule has 2 aromatic rings. The van der Waals surface area contributed by atoms with Crippen molar-refractivity contribution in [1.82, 2.24) is 5.32 Å². The number of carbonyl (C=O) groups is 1. The number of amides is 1. The molecule has 5 heteroatoms. The van der Waals surface area contributed by atoms with Crippen LogP contribution >= 0.6 is 0 Å². The number of nitrogens with one attached hydrogen (secondary N) is 2. The molecule has 0 saturated carbocycles. The molecular weight excluding hydrogens is 304 g/mol. The fraction of sp³-hybridized carbons (Fsp3) is 0.316. The topological polar surface area (TPSA) is 52.0 Å². The highest BCUT2D eigenvalue weighted by Crippen LogP contribution is 2.27. The number of quaternary nitrogens is 1. The number of hydrogen-bond donors (Lipinski definition) is 2. The number of ether oxygens (including phenoxy) is 2. The number of likely N-dealkylation sites (N-methyl/N-ethyl adjacent to an activating group) is 1. The Hall–Kier alpha value is -2.53. The largest absolute Gasteiger partial charge is 0.493 e. The summed E-state index contributed by atoms with van der Waals surface area (Å²) in [6.07, 6.45) is 0. The third-order valence-corrected chi connectivity index (χ3v) is 3.77. The first kappa shape index (κ1) is 17.8. The van der Waals surface area contributed by atoms with Gasteiger partial charge in [0.05, 0.1) is 28.3 Å². The van der Waals surface area contributed by atoms with Crippen LogP contribution in [0.4, 0.5) is 0 Å². The highest BCUT2D eigenvalue weighted by atomic mass is 16.5. The zero-order valence-corrected chi connectivity index (χ0v) is 14.6. The van der Waals surface area contributed by atoms with Gasteiger partial charge in [0.25, 0.3) is 5.91 Å². The molecule has 0 spiro atoms. The van der Waals surface area contributed by atoms with E-state index in [1.54, 1.807) is 32.4 Å². The zero-order chi connectivity index (χ0) is 17.5. The summed E-state index contributed by atoms with van der Waals surface area (Å²) in [4.78, 5) is 13.9. The fourth-order valence-corrected chi connectivity index (χ4v) is 2.56. The average molecular weight is 329 g/mol. The third-order valence-electron chi connectivity index (χ3n) is 3.77. The number of hydrogen-bond acceptors (Lipinski definition) is 3. The summed E-state index contributed by atoms with van der Waals surface area (Å²) < 4.78 is 10.5. The predicted octanol–water partition coefficient (Wildman–Crippen LogP) is 1.32. The molecule has 128 valence electrons. The monoisotopic (exact) mass is 329 g/mol. The molecule has 1 amide bonds. The van der Waals surface area contributed by atoms with Crippen LogP contribution in [0.3, 0.4) is 0 Å². The average Bonchev–Trinajstić information content (AvgIpc) is 2.60. The van der Waals surface area contributed by atoms with E-state index in [2.05, 4.69) is 19.4 Å². The molecule has 5 nitrogen and oxygen atoms in total. The van der Waals surface area contributed by atoms with E-state index in [1.807, 2.05) is 30.3 Å². The Kier molecular flexibility index (Phi) is 6.21. The van der Waals surface area contributed by atoms with Crippen molar-refractivity contribution in [2.45, 2.75) is 6.04 Å². The third kappa shape index (κ3) is 4.49. The van der Waals surface area contributed by atoms with Gasteiger partial charge in [-0.3, -0.25) is 4.79 Å². The predicted molar refractivity (Wildman–Crippen MR) is 93.9 cm³/mol. The molecular formula is C19H25N2O3+. The maximum atomic E-state index is 12.7. The Balaban J connectivity index is 2.21. The van der Waals surface area contributed by atoms with Gasteiger partial charge < -0.3 is 19.7 Å². The molecule has 0 fully saturated rings. The van der Waals surface area contributed by atoms with Crippen LogP contribution in [-0.4, -0.2) is 40.8 Å². The summed E-state index contributed by atoms with van der Waals surface area (Å²) in [6.45, 7) is 0.795. The molecule has 1 atom stereocenters. The van der Waals surface area contributed by atoms with Crippen LogP contribution in [-0.2, 0) is 0 Å². The number of carbonyl (C=O) groups excluding carboxylic acids is 1. The highest BCUT2D eigenvalue weighted by Gasteiger charge is 2.19. The van der Waals surface area contributed by atoms with E-state index in [0.717, 1.165) is 12.1 Å². The van der Waals surface area contributed by atoms with Gasteiger partial charge in [0, 0.05) is 5.56 Å². The lowest BCUT2D eigenvalue weighted by molar-refractivity contribution is -0.860. The van der Waals surface area contributed by atoms with Crippen LogP contribution in [0, 0.1) is 0 Å². The molecule has 2 N–H and O–H groups in total. The van der Waals surface area contributed by atoms with Gasteiger partial charge in [-0.05, 0) is 23.8 Å². The second kappa shape index (κ2) is 8.36. The van der Waals surface area contributed by atoms with Crippen molar-refractivity contribution in [3.63, 3.8) is 0 Å². The molecule has 0 aliphatic rings. The fourth-order valence-electron chi connectivity index (χ4n) is 2.56. The number of benzene rings is 2. The maximum Gasteiger partial charge on any atom is 0.252 e. The van der Waals surface area contributed by atoms with Crippen molar-refractivity contribution in [3.05, 3.63) is 59.7 Å². The van der Waals surface area contributed by atoms with Gasteiger partial charge >= 0.3 is 0 Å². The second-order valence-corrected chi connectivity index (χ2v) is 5.92. The normalized spacial score (nSPS) is 11.9. The quantitative estimate of drug-likeness (QED) is 0.805. The van der Waals surface area contributed by atoms with Gasteiger partial charge in [-0.2, -0.15) is 0 Å². The molecule has 0 heterocycles. The van der Waals surface area contributed by atoms with Gasteiger partial charge in [-0.15, -0.1) is 0 Å². The minimum atomic E-state index is -0.133. The van der Waals surface area contributed by atoms with Crippen molar-refractivity contribution in [2.24, 2.45) is 0 Å². The Morgan fingerprint density at radius 3 is 2.29 bits per heavy atom. The van der Waals surface area contributed by atoms with Crippen LogP contribution in [0.15, 0.2) is 48.5 Å². The van der Waals surface area contributed by atoms with E-state index in [1.165, 1.54) is 4.90 Å². The van der Waals surface area contributed by atoms with Crippen LogP contribution in [0.25, 0.3) is 0 Å². The highest BCUT2D eigenvalue weighted by molar-refractivity contribution is 5.95. The first-order chi connectivity index (χ1) is 11.5. The van der Waals surface area contributed by atoms with Crippen molar-refractivity contribution in [3.8, 4) is 11.5 Å². The van der Waals surface area contributed by atoms with Crippen molar-refractivity contribution >= 4 is 5.91 Å². The lowest BCUT2D eigenvalue weighted by Gasteiger charge is -2.21. The van der Waals surface area contributed by atoms with Crippen molar-refractivity contribution in [2.75, 3.05) is 34.9 Å². The molecule has 0 radical (unpaired) electrons. The van der Waals surface area contributed by atoms with Crippen LogP contribution in [0.5, 0.6) is 11.5 Å². The van der Waals surface area contributed by atoms with Gasteiger partial charge in [0.1, 0.15) is 12.6 Å². The molecule has 0 bridgehead atoms. The molecule has 0 unspecified atom stereocenters. The minimum Gasteiger partial charge on any atom is -0.493 e. The summed E-state index contributed by atoms with van der Waals surface area (Å²) in [5.74, 6) is 1.01. The van der Waals surface area contributed by atoms with Gasteiger partial charge in [-0.25, -0.2) is 0 Å². The minimum absolute atomic E-state index is 0.0585. The summed E-state index contributed by atoms with van der Waals surface area (Å²) in [5, 5.41) is 3.11. The zero-order valence-electron chi connectivity index (χ0n) is 14.6. The Bertz CT molecular complexity index is 672.